The van der Waals surface area contributed by atoms with Gasteiger partial charge in [-0.3, -0.25) is 5.10 Å². The van der Waals surface area contributed by atoms with E-state index in [0.29, 0.717) is 11.5 Å². The van der Waals surface area contributed by atoms with Crippen LogP contribution in [0.2, 0.25) is 0 Å². The third kappa shape index (κ3) is 0.972. The minimum absolute atomic E-state index is 0.564. The summed E-state index contributed by atoms with van der Waals surface area (Å²) in [5.41, 5.74) is 1.44. The van der Waals surface area contributed by atoms with Gasteiger partial charge < -0.3 is 4.98 Å². The number of aromatic nitrogens is 6. The number of nitrogens with zero attached hydrogens (tertiary/aromatic N) is 4. The second-order valence-corrected chi connectivity index (χ2v) is 2.83. The summed E-state index contributed by atoms with van der Waals surface area (Å²) in [4.78, 5) is 11.5. The van der Waals surface area contributed by atoms with Crippen molar-refractivity contribution in [2.75, 3.05) is 0 Å². The Balaban J connectivity index is 2.23. The number of aromatic amines is 2. The van der Waals surface area contributed by atoms with Gasteiger partial charge in [0.15, 0.2) is 5.82 Å². The molecule has 0 atom stereocenters. The van der Waals surface area contributed by atoms with E-state index in [9.17, 15) is 0 Å². The second kappa shape index (κ2) is 2.63. The van der Waals surface area contributed by atoms with Gasteiger partial charge in [-0.1, -0.05) is 5.21 Å². The van der Waals surface area contributed by atoms with Crippen LogP contribution in [0.3, 0.4) is 0 Å². The topological polar surface area (TPSA) is 83.1 Å². The van der Waals surface area contributed by atoms with Gasteiger partial charge in [0.2, 0.25) is 0 Å². The lowest BCUT2D eigenvalue weighted by atomic mass is 10.4. The summed E-state index contributed by atoms with van der Waals surface area (Å²) in [6.45, 7) is 0. The summed E-state index contributed by atoms with van der Waals surface area (Å²) >= 11 is 0. The van der Waals surface area contributed by atoms with E-state index in [1.165, 1.54) is 0 Å². The summed E-state index contributed by atoms with van der Waals surface area (Å²) < 4.78 is 0. The Morgan fingerprint density at radius 2 is 2.29 bits per heavy atom. The molecule has 14 heavy (non-hydrogen) atoms. The summed E-state index contributed by atoms with van der Waals surface area (Å²) in [7, 11) is 0. The first kappa shape index (κ1) is 7.19. The summed E-state index contributed by atoms with van der Waals surface area (Å²) in [6, 6.07) is 1.92. The molecule has 6 heteroatoms. The number of hydrogen-bond acceptors (Lipinski definition) is 4. The first-order valence-electron chi connectivity index (χ1n) is 4.10. The molecule has 0 saturated carbocycles. The predicted octanol–water partition coefficient (Wildman–Crippen LogP) is 0.743. The summed E-state index contributed by atoms with van der Waals surface area (Å²) in [6.07, 6.45) is 5.23. The molecular formula is C8H6N6. The Morgan fingerprint density at radius 1 is 1.29 bits per heavy atom. The Hall–Kier alpha value is -2.24. The summed E-state index contributed by atoms with van der Waals surface area (Å²) in [5, 5.41) is 11.0. The van der Waals surface area contributed by atoms with E-state index < -0.39 is 0 Å². The molecule has 2 N–H and O–H groups in total. The van der Waals surface area contributed by atoms with Crippen molar-refractivity contribution in [3.63, 3.8) is 0 Å². The lowest BCUT2D eigenvalue weighted by Crippen LogP contribution is -1.89. The van der Waals surface area contributed by atoms with Crippen molar-refractivity contribution < 1.29 is 0 Å². The Labute approximate surface area is 78.4 Å². The maximum Gasteiger partial charge on any atom is 0.183 e. The fraction of sp³-hybridized carbons (Fsp3) is 0. The molecule has 0 aliphatic carbocycles. The average Bonchev–Trinajstić information content (AvgIpc) is 2.88. The van der Waals surface area contributed by atoms with E-state index in [1.807, 2.05) is 12.3 Å². The molecule has 6 nitrogen and oxygen atoms in total. The highest BCUT2D eigenvalue weighted by Crippen LogP contribution is 2.13. The SMILES string of the molecule is c1cc2cnc(-c3c[nH]nn3)nc2[nH]1. The molecule has 0 fully saturated rings. The normalized spacial score (nSPS) is 10.9. The van der Waals surface area contributed by atoms with Gasteiger partial charge in [-0.05, 0) is 6.07 Å². The molecule has 0 spiro atoms. The third-order valence-corrected chi connectivity index (χ3v) is 1.95. The van der Waals surface area contributed by atoms with Crippen molar-refractivity contribution in [1.29, 1.82) is 0 Å². The van der Waals surface area contributed by atoms with Gasteiger partial charge in [-0.25, -0.2) is 9.97 Å². The van der Waals surface area contributed by atoms with Gasteiger partial charge in [0, 0.05) is 17.8 Å². The van der Waals surface area contributed by atoms with Crippen LogP contribution in [0.4, 0.5) is 0 Å². The predicted molar refractivity (Wildman–Crippen MR) is 49.3 cm³/mol. The molecule has 0 aliphatic rings. The smallest absolute Gasteiger partial charge is 0.183 e. The number of hydrogen-bond donors (Lipinski definition) is 2. The van der Waals surface area contributed by atoms with Crippen molar-refractivity contribution in [2.24, 2.45) is 0 Å². The molecule has 68 valence electrons. The molecule has 0 radical (unpaired) electrons. The molecule has 3 rings (SSSR count). The van der Waals surface area contributed by atoms with Gasteiger partial charge in [-0.15, -0.1) is 5.10 Å². The molecule has 0 amide bonds. The van der Waals surface area contributed by atoms with E-state index in [0.717, 1.165) is 11.0 Å². The van der Waals surface area contributed by atoms with E-state index in [1.54, 1.807) is 12.4 Å². The van der Waals surface area contributed by atoms with E-state index in [2.05, 4.69) is 30.4 Å². The molecule has 0 saturated heterocycles. The summed E-state index contributed by atoms with van der Waals surface area (Å²) in [5.74, 6) is 0.564. The minimum atomic E-state index is 0.564. The fourth-order valence-electron chi connectivity index (χ4n) is 1.27. The van der Waals surface area contributed by atoms with Crippen LogP contribution in [-0.4, -0.2) is 30.4 Å². The van der Waals surface area contributed by atoms with Gasteiger partial charge >= 0.3 is 0 Å². The zero-order valence-corrected chi connectivity index (χ0v) is 7.10. The third-order valence-electron chi connectivity index (χ3n) is 1.95. The zero-order valence-electron chi connectivity index (χ0n) is 7.10. The molecule has 3 aromatic heterocycles. The van der Waals surface area contributed by atoms with Crippen LogP contribution in [-0.2, 0) is 0 Å². The lowest BCUT2D eigenvalue weighted by Gasteiger charge is -1.93. The van der Waals surface area contributed by atoms with E-state index >= 15 is 0 Å². The Kier molecular flexibility index (Phi) is 1.35. The maximum absolute atomic E-state index is 4.29. The Bertz CT molecular complexity index is 552. The second-order valence-electron chi connectivity index (χ2n) is 2.83. The Morgan fingerprint density at radius 3 is 3.14 bits per heavy atom. The number of fused-ring (bicyclic) bond motifs is 1. The molecular weight excluding hydrogens is 180 g/mol. The van der Waals surface area contributed by atoms with Crippen molar-refractivity contribution >= 4 is 11.0 Å². The van der Waals surface area contributed by atoms with Gasteiger partial charge in [0.25, 0.3) is 0 Å². The van der Waals surface area contributed by atoms with Gasteiger partial charge in [-0.2, -0.15) is 0 Å². The molecule has 3 heterocycles. The van der Waals surface area contributed by atoms with Crippen molar-refractivity contribution in [2.45, 2.75) is 0 Å². The number of H-pyrrole nitrogens is 2. The van der Waals surface area contributed by atoms with Crippen LogP contribution in [0, 0.1) is 0 Å². The highest BCUT2D eigenvalue weighted by molar-refractivity contribution is 5.75. The van der Waals surface area contributed by atoms with Crippen molar-refractivity contribution in [1.82, 2.24) is 30.4 Å². The largest absolute Gasteiger partial charge is 0.346 e. The van der Waals surface area contributed by atoms with Gasteiger partial charge in [0.1, 0.15) is 11.3 Å². The lowest BCUT2D eigenvalue weighted by molar-refractivity contribution is 0.939. The number of nitrogens with one attached hydrogen (secondary N) is 2. The molecule has 0 aliphatic heterocycles. The van der Waals surface area contributed by atoms with E-state index in [4.69, 9.17) is 0 Å². The zero-order chi connectivity index (χ0) is 9.38. The minimum Gasteiger partial charge on any atom is -0.346 e. The standard InChI is InChI=1S/C8H6N6/c1-2-9-7-5(1)3-10-8(12-7)6-4-11-14-13-6/h1-4H,(H,9,10,12)(H,11,13,14). The quantitative estimate of drug-likeness (QED) is 0.587. The van der Waals surface area contributed by atoms with E-state index in [-0.39, 0.29) is 0 Å². The van der Waals surface area contributed by atoms with Crippen molar-refractivity contribution in [3.05, 3.63) is 24.7 Å². The number of rotatable bonds is 1. The molecule has 0 unspecified atom stereocenters. The molecule has 0 bridgehead atoms. The average molecular weight is 186 g/mol. The fourth-order valence-corrected chi connectivity index (χ4v) is 1.27. The van der Waals surface area contributed by atoms with Crippen LogP contribution in [0.1, 0.15) is 0 Å². The highest BCUT2D eigenvalue weighted by atomic mass is 15.3. The first-order chi connectivity index (χ1) is 6.93. The van der Waals surface area contributed by atoms with Crippen LogP contribution < -0.4 is 0 Å². The molecule has 3 aromatic rings. The monoisotopic (exact) mass is 186 g/mol. The van der Waals surface area contributed by atoms with Crippen molar-refractivity contribution in [3.8, 4) is 11.5 Å². The highest BCUT2D eigenvalue weighted by Gasteiger charge is 2.05. The van der Waals surface area contributed by atoms with Crippen LogP contribution in [0.15, 0.2) is 24.7 Å². The first-order valence-corrected chi connectivity index (χ1v) is 4.10. The molecule has 0 aromatic carbocycles. The van der Waals surface area contributed by atoms with Crippen LogP contribution >= 0.6 is 0 Å². The van der Waals surface area contributed by atoms with Crippen LogP contribution in [0.25, 0.3) is 22.6 Å². The maximum atomic E-state index is 4.29. The van der Waals surface area contributed by atoms with Gasteiger partial charge in [0.05, 0.1) is 6.20 Å². The van der Waals surface area contributed by atoms with Crippen LogP contribution in [0.5, 0.6) is 0 Å².